The highest BCUT2D eigenvalue weighted by Gasteiger charge is 2.31. The van der Waals surface area contributed by atoms with E-state index in [1.807, 2.05) is 18.2 Å². The number of rotatable bonds is 6. The predicted molar refractivity (Wildman–Crippen MR) is 111 cm³/mol. The Bertz CT molecular complexity index is 882. The number of anilines is 2. The fourth-order valence-electron chi connectivity index (χ4n) is 3.08. The van der Waals surface area contributed by atoms with Crippen LogP contribution < -0.4 is 20.7 Å². The maximum absolute atomic E-state index is 12.4. The van der Waals surface area contributed by atoms with Crippen LogP contribution in [0.15, 0.2) is 53.7 Å². The van der Waals surface area contributed by atoms with E-state index in [2.05, 4.69) is 24.9 Å². The fraction of sp³-hybridized carbons (Fsp3) is 0.350. The number of benzene rings is 1. The molecule has 11 heteroatoms. The average Bonchev–Trinajstić information content (AvgIpc) is 2.75. The SMILES string of the molecule is NC(=NCCC(=O)N1CCN(c2ccccn2)CC1)Nc1ccc(OC(F)(F)F)cc1. The third kappa shape index (κ3) is 7.05. The summed E-state index contributed by atoms with van der Waals surface area (Å²) in [5.41, 5.74) is 6.23. The van der Waals surface area contributed by atoms with Crippen LogP contribution in [0.5, 0.6) is 5.75 Å². The van der Waals surface area contributed by atoms with E-state index in [-0.39, 0.29) is 30.6 Å². The first-order valence-electron chi connectivity index (χ1n) is 9.67. The molecule has 0 saturated carbocycles. The Kier molecular flexibility index (Phi) is 7.16. The number of hydrogen-bond acceptors (Lipinski definition) is 5. The largest absolute Gasteiger partial charge is 0.573 e. The van der Waals surface area contributed by atoms with Crippen LogP contribution in [0.2, 0.25) is 0 Å². The Labute approximate surface area is 177 Å². The lowest BCUT2D eigenvalue weighted by molar-refractivity contribution is -0.274. The summed E-state index contributed by atoms with van der Waals surface area (Å²) in [6.07, 6.45) is -2.79. The molecule has 2 aromatic rings. The van der Waals surface area contributed by atoms with Gasteiger partial charge in [-0.25, -0.2) is 4.98 Å². The summed E-state index contributed by atoms with van der Waals surface area (Å²) in [6.45, 7) is 2.85. The van der Waals surface area contributed by atoms with Gasteiger partial charge in [0.05, 0.1) is 6.54 Å². The maximum Gasteiger partial charge on any atom is 0.573 e. The summed E-state index contributed by atoms with van der Waals surface area (Å²) in [7, 11) is 0. The van der Waals surface area contributed by atoms with E-state index in [1.54, 1.807) is 11.1 Å². The number of guanidine groups is 1. The number of nitrogens with one attached hydrogen (secondary N) is 1. The standard InChI is InChI=1S/C20H23F3N6O2/c21-20(22,23)31-16-6-4-15(5-7-16)27-19(24)26-10-8-18(30)29-13-11-28(12-14-29)17-3-1-2-9-25-17/h1-7,9H,8,10-14H2,(H3,24,26,27). The minimum atomic E-state index is -4.74. The summed E-state index contributed by atoms with van der Waals surface area (Å²) in [5, 5.41) is 2.76. The molecule has 0 spiro atoms. The Morgan fingerprint density at radius 2 is 1.84 bits per heavy atom. The summed E-state index contributed by atoms with van der Waals surface area (Å²) in [4.78, 5) is 24.7. The number of ether oxygens (including phenoxy) is 1. The molecule has 3 N–H and O–H groups in total. The second kappa shape index (κ2) is 10.0. The summed E-state index contributed by atoms with van der Waals surface area (Å²) >= 11 is 0. The first-order valence-corrected chi connectivity index (χ1v) is 9.67. The van der Waals surface area contributed by atoms with Crippen molar-refractivity contribution in [3.8, 4) is 5.75 Å². The highest BCUT2D eigenvalue weighted by atomic mass is 19.4. The zero-order chi connectivity index (χ0) is 22.3. The van der Waals surface area contributed by atoms with Crippen molar-refractivity contribution in [2.24, 2.45) is 10.7 Å². The third-order valence-electron chi connectivity index (χ3n) is 4.57. The lowest BCUT2D eigenvalue weighted by atomic mass is 10.2. The van der Waals surface area contributed by atoms with Gasteiger partial charge in [-0.2, -0.15) is 0 Å². The monoisotopic (exact) mass is 436 g/mol. The van der Waals surface area contributed by atoms with Crippen molar-refractivity contribution >= 4 is 23.4 Å². The minimum absolute atomic E-state index is 0.00845. The quantitative estimate of drug-likeness (QED) is 0.534. The van der Waals surface area contributed by atoms with Crippen molar-refractivity contribution in [3.63, 3.8) is 0 Å². The molecule has 0 aliphatic carbocycles. The van der Waals surface area contributed by atoms with Crippen LogP contribution in [0.25, 0.3) is 0 Å². The maximum atomic E-state index is 12.4. The molecule has 1 aliphatic heterocycles. The van der Waals surface area contributed by atoms with Gasteiger partial charge < -0.3 is 25.6 Å². The summed E-state index contributed by atoms with van der Waals surface area (Å²) in [6, 6.07) is 10.8. The number of pyridine rings is 1. The van der Waals surface area contributed by atoms with Crippen LogP contribution >= 0.6 is 0 Å². The molecule has 0 radical (unpaired) electrons. The minimum Gasteiger partial charge on any atom is -0.406 e. The molecule has 1 aromatic heterocycles. The Balaban J connectivity index is 1.40. The molecule has 1 amide bonds. The van der Waals surface area contributed by atoms with Crippen molar-refractivity contribution in [1.82, 2.24) is 9.88 Å². The number of hydrogen-bond donors (Lipinski definition) is 2. The van der Waals surface area contributed by atoms with Gasteiger partial charge in [0.15, 0.2) is 5.96 Å². The van der Waals surface area contributed by atoms with Crippen LogP contribution in [-0.2, 0) is 4.79 Å². The lowest BCUT2D eigenvalue weighted by Gasteiger charge is -2.35. The van der Waals surface area contributed by atoms with Crippen molar-refractivity contribution in [2.75, 3.05) is 42.9 Å². The predicted octanol–water partition coefficient (Wildman–Crippen LogP) is 2.45. The molecule has 31 heavy (non-hydrogen) atoms. The van der Waals surface area contributed by atoms with Gasteiger partial charge in [0.25, 0.3) is 0 Å². The number of nitrogens with two attached hydrogens (primary N) is 1. The van der Waals surface area contributed by atoms with E-state index in [9.17, 15) is 18.0 Å². The number of halogens is 3. The van der Waals surface area contributed by atoms with E-state index in [0.717, 1.165) is 18.0 Å². The number of carbonyl (C=O) groups excluding carboxylic acids is 1. The van der Waals surface area contributed by atoms with Gasteiger partial charge in [-0.15, -0.1) is 13.2 Å². The Morgan fingerprint density at radius 3 is 2.45 bits per heavy atom. The van der Waals surface area contributed by atoms with Gasteiger partial charge in [-0.1, -0.05) is 6.07 Å². The molecule has 8 nitrogen and oxygen atoms in total. The Hall–Kier alpha value is -3.50. The number of carbonyl (C=O) groups is 1. The normalized spacial score (nSPS) is 15.0. The number of alkyl halides is 3. The van der Waals surface area contributed by atoms with Gasteiger partial charge in [-0.3, -0.25) is 9.79 Å². The summed E-state index contributed by atoms with van der Waals surface area (Å²) in [5.74, 6) is 0.626. The van der Waals surface area contributed by atoms with Crippen molar-refractivity contribution < 1.29 is 22.7 Å². The van der Waals surface area contributed by atoms with Crippen LogP contribution in [0.4, 0.5) is 24.7 Å². The van der Waals surface area contributed by atoms with Crippen molar-refractivity contribution in [2.45, 2.75) is 12.8 Å². The van der Waals surface area contributed by atoms with Gasteiger partial charge >= 0.3 is 6.36 Å². The fourth-order valence-corrected chi connectivity index (χ4v) is 3.08. The zero-order valence-corrected chi connectivity index (χ0v) is 16.7. The topological polar surface area (TPSA) is 96.1 Å². The molecular formula is C20H23F3N6O2. The van der Waals surface area contributed by atoms with E-state index >= 15 is 0 Å². The second-order valence-electron chi connectivity index (χ2n) is 6.77. The molecule has 0 atom stereocenters. The van der Waals surface area contributed by atoms with E-state index in [4.69, 9.17) is 5.73 Å². The third-order valence-corrected chi connectivity index (χ3v) is 4.57. The van der Waals surface area contributed by atoms with Crippen LogP contribution in [0.3, 0.4) is 0 Å². The molecule has 2 heterocycles. The van der Waals surface area contributed by atoms with Crippen LogP contribution in [0.1, 0.15) is 6.42 Å². The molecule has 1 aliphatic rings. The lowest BCUT2D eigenvalue weighted by Crippen LogP contribution is -2.49. The summed E-state index contributed by atoms with van der Waals surface area (Å²) < 4.78 is 40.3. The molecule has 1 saturated heterocycles. The van der Waals surface area contributed by atoms with Crippen LogP contribution in [0, 0.1) is 0 Å². The molecule has 1 aromatic carbocycles. The molecular weight excluding hydrogens is 413 g/mol. The van der Waals surface area contributed by atoms with E-state index < -0.39 is 6.36 Å². The van der Waals surface area contributed by atoms with Gasteiger partial charge in [-0.05, 0) is 36.4 Å². The van der Waals surface area contributed by atoms with Crippen LogP contribution in [-0.4, -0.2) is 60.8 Å². The average molecular weight is 436 g/mol. The van der Waals surface area contributed by atoms with E-state index in [0.29, 0.717) is 31.9 Å². The number of aliphatic imine (C=N–C) groups is 1. The first-order chi connectivity index (χ1) is 14.8. The number of amides is 1. The number of piperazine rings is 1. The van der Waals surface area contributed by atoms with Crippen molar-refractivity contribution in [3.05, 3.63) is 48.7 Å². The smallest absolute Gasteiger partial charge is 0.406 e. The second-order valence-corrected chi connectivity index (χ2v) is 6.77. The van der Waals surface area contributed by atoms with Crippen molar-refractivity contribution in [1.29, 1.82) is 0 Å². The molecule has 166 valence electrons. The number of aromatic nitrogens is 1. The van der Waals surface area contributed by atoms with Gasteiger partial charge in [0, 0.05) is 44.5 Å². The molecule has 0 unspecified atom stereocenters. The Morgan fingerprint density at radius 1 is 1.13 bits per heavy atom. The highest BCUT2D eigenvalue weighted by Crippen LogP contribution is 2.23. The molecule has 3 rings (SSSR count). The highest BCUT2D eigenvalue weighted by molar-refractivity contribution is 5.92. The van der Waals surface area contributed by atoms with Gasteiger partial charge in [0.2, 0.25) is 5.91 Å². The van der Waals surface area contributed by atoms with Gasteiger partial charge in [0.1, 0.15) is 11.6 Å². The molecule has 1 fully saturated rings. The molecule has 0 bridgehead atoms. The van der Waals surface area contributed by atoms with E-state index in [1.165, 1.54) is 12.1 Å². The zero-order valence-electron chi connectivity index (χ0n) is 16.7. The first kappa shape index (κ1) is 22.2. The number of nitrogens with zero attached hydrogens (tertiary/aromatic N) is 4.